The molecular weight excluding hydrogens is 428 g/mol. The van der Waals surface area contributed by atoms with Gasteiger partial charge >= 0.3 is 6.01 Å². The SMILES string of the molecule is CC(C)Sc1ccc(Cc2nnc(NC(=O)c3cccc(N4C(=O)CCC4=O)c3)o2)cc1. The molecule has 0 saturated carbocycles. The van der Waals surface area contributed by atoms with Crippen LogP contribution in [0.2, 0.25) is 0 Å². The van der Waals surface area contributed by atoms with Crippen molar-refractivity contribution in [2.24, 2.45) is 0 Å². The fourth-order valence-corrected chi connectivity index (χ4v) is 4.17. The summed E-state index contributed by atoms with van der Waals surface area (Å²) in [5, 5.41) is 11.0. The van der Waals surface area contributed by atoms with Gasteiger partial charge in [-0.15, -0.1) is 16.9 Å². The third kappa shape index (κ3) is 5.05. The average molecular weight is 451 g/mol. The van der Waals surface area contributed by atoms with Gasteiger partial charge in [0.25, 0.3) is 5.91 Å². The second-order valence-corrected chi connectivity index (χ2v) is 9.27. The van der Waals surface area contributed by atoms with Gasteiger partial charge in [-0.1, -0.05) is 37.1 Å². The number of anilines is 2. The third-order valence-corrected chi connectivity index (χ3v) is 5.77. The Morgan fingerprint density at radius 1 is 1.09 bits per heavy atom. The van der Waals surface area contributed by atoms with Crippen LogP contribution < -0.4 is 10.2 Å². The van der Waals surface area contributed by atoms with Gasteiger partial charge in [-0.3, -0.25) is 24.6 Å². The monoisotopic (exact) mass is 450 g/mol. The fraction of sp³-hybridized carbons (Fsp3) is 0.261. The van der Waals surface area contributed by atoms with Crippen LogP contribution >= 0.6 is 11.8 Å². The zero-order valence-electron chi connectivity index (χ0n) is 17.7. The van der Waals surface area contributed by atoms with Gasteiger partial charge in [-0.05, 0) is 35.9 Å². The highest BCUT2D eigenvalue weighted by Crippen LogP contribution is 2.25. The summed E-state index contributed by atoms with van der Waals surface area (Å²) in [7, 11) is 0. The van der Waals surface area contributed by atoms with Crippen LogP contribution in [0.15, 0.2) is 57.8 Å². The van der Waals surface area contributed by atoms with Crippen LogP contribution in [0.25, 0.3) is 0 Å². The quantitative estimate of drug-likeness (QED) is 0.427. The molecule has 1 aromatic heterocycles. The van der Waals surface area contributed by atoms with Crippen LogP contribution in [0.4, 0.5) is 11.7 Å². The Labute approximate surface area is 189 Å². The van der Waals surface area contributed by atoms with Crippen LogP contribution in [0.1, 0.15) is 48.5 Å². The molecule has 3 amide bonds. The molecule has 1 aliphatic rings. The minimum atomic E-state index is -0.476. The third-order valence-electron chi connectivity index (χ3n) is 4.76. The summed E-state index contributed by atoms with van der Waals surface area (Å²) in [5.41, 5.74) is 1.66. The first kappa shape index (κ1) is 21.8. The molecule has 0 radical (unpaired) electrons. The minimum absolute atomic E-state index is 0.0179. The summed E-state index contributed by atoms with van der Waals surface area (Å²) >= 11 is 1.79. The van der Waals surface area contributed by atoms with Gasteiger partial charge in [0.05, 0.1) is 12.1 Å². The summed E-state index contributed by atoms with van der Waals surface area (Å²) in [4.78, 5) is 38.8. The number of thioether (sulfide) groups is 1. The molecule has 0 aliphatic carbocycles. The lowest BCUT2D eigenvalue weighted by atomic mass is 10.1. The summed E-state index contributed by atoms with van der Waals surface area (Å²) in [5.74, 6) is -0.641. The van der Waals surface area contributed by atoms with E-state index in [1.165, 1.54) is 11.0 Å². The fourth-order valence-electron chi connectivity index (χ4n) is 3.33. The Hall–Kier alpha value is -3.46. The lowest BCUT2D eigenvalue weighted by Crippen LogP contribution is -2.28. The molecule has 2 aromatic carbocycles. The summed E-state index contributed by atoms with van der Waals surface area (Å²) in [6, 6.07) is 14.4. The summed E-state index contributed by atoms with van der Waals surface area (Å²) < 4.78 is 5.56. The van der Waals surface area contributed by atoms with Crippen LogP contribution in [-0.4, -0.2) is 33.2 Å². The minimum Gasteiger partial charge on any atom is -0.407 e. The van der Waals surface area contributed by atoms with E-state index in [1.54, 1.807) is 30.0 Å². The molecule has 0 spiro atoms. The van der Waals surface area contributed by atoms with Crippen molar-refractivity contribution in [3.8, 4) is 0 Å². The van der Waals surface area contributed by atoms with Gasteiger partial charge < -0.3 is 4.42 Å². The molecule has 0 atom stereocenters. The smallest absolute Gasteiger partial charge is 0.322 e. The van der Waals surface area contributed by atoms with Crippen molar-refractivity contribution >= 4 is 41.2 Å². The standard InChI is InChI=1S/C23H22N4O4S/c1-14(2)32-18-8-6-15(7-9-18)12-19-25-26-23(31-19)24-22(30)16-4-3-5-17(13-16)27-20(28)10-11-21(27)29/h3-9,13-14H,10-12H2,1-2H3,(H,24,26,30). The van der Waals surface area contributed by atoms with Crippen LogP contribution in [0, 0.1) is 0 Å². The molecule has 1 fully saturated rings. The Morgan fingerprint density at radius 3 is 2.50 bits per heavy atom. The van der Waals surface area contributed by atoms with E-state index in [-0.39, 0.29) is 36.2 Å². The van der Waals surface area contributed by atoms with E-state index >= 15 is 0 Å². The number of imide groups is 1. The normalized spacial score (nSPS) is 13.8. The Morgan fingerprint density at radius 2 is 1.81 bits per heavy atom. The summed E-state index contributed by atoms with van der Waals surface area (Å²) in [6.07, 6.45) is 0.808. The van der Waals surface area contributed by atoms with E-state index in [4.69, 9.17) is 4.42 Å². The number of nitrogens with one attached hydrogen (secondary N) is 1. The molecule has 4 rings (SSSR count). The predicted molar refractivity (Wildman–Crippen MR) is 121 cm³/mol. The van der Waals surface area contributed by atoms with Crippen molar-refractivity contribution < 1.29 is 18.8 Å². The molecular formula is C23H22N4O4S. The lowest BCUT2D eigenvalue weighted by Gasteiger charge is -2.14. The molecule has 1 aliphatic heterocycles. The average Bonchev–Trinajstić information content (AvgIpc) is 3.34. The second kappa shape index (κ2) is 9.35. The maximum absolute atomic E-state index is 12.6. The van der Waals surface area contributed by atoms with E-state index in [9.17, 15) is 14.4 Å². The number of amides is 3. The Kier molecular flexibility index (Phi) is 6.36. The largest absolute Gasteiger partial charge is 0.407 e. The first-order valence-corrected chi connectivity index (χ1v) is 11.1. The highest BCUT2D eigenvalue weighted by molar-refractivity contribution is 7.99. The molecule has 0 bridgehead atoms. The highest BCUT2D eigenvalue weighted by atomic mass is 32.2. The van der Waals surface area contributed by atoms with E-state index < -0.39 is 5.91 Å². The number of aromatic nitrogens is 2. The van der Waals surface area contributed by atoms with Gasteiger partial charge in [0, 0.05) is 28.6 Å². The Bertz CT molecular complexity index is 1140. The van der Waals surface area contributed by atoms with Gasteiger partial charge in [0.1, 0.15) is 0 Å². The Balaban J connectivity index is 1.40. The lowest BCUT2D eigenvalue weighted by molar-refractivity contribution is -0.121. The topological polar surface area (TPSA) is 105 Å². The number of nitrogens with zero attached hydrogens (tertiary/aromatic N) is 3. The van der Waals surface area contributed by atoms with E-state index in [0.29, 0.717) is 23.2 Å². The number of carbonyl (C=O) groups is 3. The maximum Gasteiger partial charge on any atom is 0.322 e. The zero-order chi connectivity index (χ0) is 22.7. The molecule has 0 unspecified atom stereocenters. The second-order valence-electron chi connectivity index (χ2n) is 7.62. The first-order valence-electron chi connectivity index (χ1n) is 10.2. The van der Waals surface area contributed by atoms with Crippen LogP contribution in [-0.2, 0) is 16.0 Å². The number of hydrogen-bond donors (Lipinski definition) is 1. The molecule has 8 nitrogen and oxygen atoms in total. The predicted octanol–water partition coefficient (Wildman–Crippen LogP) is 4.07. The van der Waals surface area contributed by atoms with Crippen molar-refractivity contribution in [2.75, 3.05) is 10.2 Å². The van der Waals surface area contributed by atoms with Gasteiger partial charge in [-0.25, -0.2) is 0 Å². The van der Waals surface area contributed by atoms with E-state index in [2.05, 4.69) is 41.5 Å². The van der Waals surface area contributed by atoms with Crippen molar-refractivity contribution in [1.29, 1.82) is 0 Å². The highest BCUT2D eigenvalue weighted by Gasteiger charge is 2.30. The summed E-state index contributed by atoms with van der Waals surface area (Å²) in [6.45, 7) is 4.29. The van der Waals surface area contributed by atoms with Crippen molar-refractivity contribution in [3.63, 3.8) is 0 Å². The number of rotatable bonds is 7. The molecule has 32 heavy (non-hydrogen) atoms. The number of benzene rings is 2. The number of carbonyl (C=O) groups excluding carboxylic acids is 3. The van der Waals surface area contributed by atoms with E-state index in [1.807, 2.05) is 12.1 Å². The number of hydrogen-bond acceptors (Lipinski definition) is 7. The van der Waals surface area contributed by atoms with Crippen molar-refractivity contribution in [1.82, 2.24) is 10.2 Å². The van der Waals surface area contributed by atoms with E-state index in [0.717, 1.165) is 10.5 Å². The molecule has 1 saturated heterocycles. The maximum atomic E-state index is 12.6. The van der Waals surface area contributed by atoms with Crippen molar-refractivity contribution in [3.05, 3.63) is 65.5 Å². The molecule has 1 N–H and O–H groups in total. The molecule has 9 heteroatoms. The van der Waals surface area contributed by atoms with Crippen molar-refractivity contribution in [2.45, 2.75) is 43.3 Å². The zero-order valence-corrected chi connectivity index (χ0v) is 18.5. The first-order chi connectivity index (χ1) is 15.4. The van der Waals surface area contributed by atoms with Crippen LogP contribution in [0.5, 0.6) is 0 Å². The van der Waals surface area contributed by atoms with Gasteiger partial charge in [-0.2, -0.15) is 0 Å². The van der Waals surface area contributed by atoms with Gasteiger partial charge in [0.15, 0.2) is 0 Å². The van der Waals surface area contributed by atoms with Gasteiger partial charge in [0.2, 0.25) is 17.7 Å². The van der Waals surface area contributed by atoms with Crippen LogP contribution in [0.3, 0.4) is 0 Å². The molecule has 164 valence electrons. The molecule has 2 heterocycles. The molecule has 3 aromatic rings.